The van der Waals surface area contributed by atoms with E-state index < -0.39 is 17.7 Å². The minimum Gasteiger partial charge on any atom is -0.344 e. The predicted molar refractivity (Wildman–Crippen MR) is 56.6 cm³/mol. The molecule has 4 nitrogen and oxygen atoms in total. The van der Waals surface area contributed by atoms with Crippen LogP contribution in [0.2, 0.25) is 0 Å². The molecule has 0 aromatic carbocycles. The summed E-state index contributed by atoms with van der Waals surface area (Å²) in [5, 5.41) is 0. The Morgan fingerprint density at radius 2 is 2.38 bits per heavy atom. The van der Waals surface area contributed by atoms with Crippen LogP contribution in [-0.4, -0.2) is 15.7 Å². The van der Waals surface area contributed by atoms with Gasteiger partial charge in [0, 0.05) is 11.9 Å². The lowest BCUT2D eigenvalue weighted by Crippen LogP contribution is -2.28. The van der Waals surface area contributed by atoms with E-state index in [2.05, 4.69) is 4.98 Å². The Kier molecular flexibility index (Phi) is 2.87. The Morgan fingerprint density at radius 3 is 2.94 bits per heavy atom. The summed E-state index contributed by atoms with van der Waals surface area (Å²) in [6, 6.07) is 1.65. The number of ether oxygens (including phenoxy) is 1. The van der Waals surface area contributed by atoms with Crippen molar-refractivity contribution in [1.29, 1.82) is 0 Å². The van der Waals surface area contributed by atoms with Gasteiger partial charge in [-0.1, -0.05) is 6.92 Å². The molecule has 0 N–H and O–H groups in total. The van der Waals surface area contributed by atoms with E-state index in [9.17, 15) is 9.18 Å². The standard InChI is InChI=1S/C11H13FN2O2/c1-3-8-6-9(12)10(16-8)14-5-4-7(2)13-11(14)15/h4-6,8,10H,3H2,1-2H3/t8-,10-/m0/s1. The molecular weight excluding hydrogens is 211 g/mol. The molecule has 2 heterocycles. The lowest BCUT2D eigenvalue weighted by Gasteiger charge is -2.15. The van der Waals surface area contributed by atoms with Crippen LogP contribution in [0.15, 0.2) is 29.0 Å². The Bertz CT molecular complexity index is 481. The van der Waals surface area contributed by atoms with E-state index in [0.29, 0.717) is 12.1 Å². The maximum Gasteiger partial charge on any atom is 0.350 e. The molecule has 86 valence electrons. The molecule has 0 bridgehead atoms. The van der Waals surface area contributed by atoms with Crippen molar-refractivity contribution in [1.82, 2.24) is 9.55 Å². The summed E-state index contributed by atoms with van der Waals surface area (Å²) in [6.07, 6.45) is 2.36. The van der Waals surface area contributed by atoms with Gasteiger partial charge in [-0.2, -0.15) is 4.98 Å². The SMILES string of the molecule is CC[C@H]1C=C(F)[C@@H](n2ccc(C)nc2=O)O1. The van der Waals surface area contributed by atoms with Gasteiger partial charge in [-0.05, 0) is 25.5 Å². The molecule has 0 saturated heterocycles. The molecule has 16 heavy (non-hydrogen) atoms. The van der Waals surface area contributed by atoms with Gasteiger partial charge >= 0.3 is 5.69 Å². The molecule has 1 aromatic rings. The van der Waals surface area contributed by atoms with Crippen LogP contribution < -0.4 is 5.69 Å². The molecule has 1 aliphatic heterocycles. The van der Waals surface area contributed by atoms with Crippen molar-refractivity contribution in [3.05, 3.63) is 40.3 Å². The average Bonchev–Trinajstić information content (AvgIpc) is 2.60. The van der Waals surface area contributed by atoms with Crippen molar-refractivity contribution >= 4 is 0 Å². The van der Waals surface area contributed by atoms with Gasteiger partial charge in [0.2, 0.25) is 0 Å². The smallest absolute Gasteiger partial charge is 0.344 e. The molecule has 0 fully saturated rings. The van der Waals surface area contributed by atoms with Crippen LogP contribution in [0.3, 0.4) is 0 Å². The van der Waals surface area contributed by atoms with E-state index in [-0.39, 0.29) is 6.10 Å². The average molecular weight is 224 g/mol. The first-order valence-corrected chi connectivity index (χ1v) is 5.20. The van der Waals surface area contributed by atoms with Gasteiger partial charge in [0.25, 0.3) is 0 Å². The fourth-order valence-corrected chi connectivity index (χ4v) is 1.62. The minimum atomic E-state index is -0.953. The van der Waals surface area contributed by atoms with Crippen LogP contribution in [0.4, 0.5) is 4.39 Å². The monoisotopic (exact) mass is 224 g/mol. The summed E-state index contributed by atoms with van der Waals surface area (Å²) in [5.41, 5.74) is 0.112. The van der Waals surface area contributed by atoms with Crippen molar-refractivity contribution in [2.75, 3.05) is 0 Å². The summed E-state index contributed by atoms with van der Waals surface area (Å²) in [4.78, 5) is 15.3. The number of halogens is 1. The highest BCUT2D eigenvalue weighted by Crippen LogP contribution is 2.29. The summed E-state index contributed by atoms with van der Waals surface area (Å²) >= 11 is 0. The lowest BCUT2D eigenvalue weighted by molar-refractivity contribution is -0.000111. The Hall–Kier alpha value is -1.49. The van der Waals surface area contributed by atoms with E-state index in [1.807, 2.05) is 6.92 Å². The zero-order valence-electron chi connectivity index (χ0n) is 9.18. The van der Waals surface area contributed by atoms with Gasteiger partial charge < -0.3 is 4.74 Å². The predicted octanol–water partition coefficient (Wildman–Crippen LogP) is 1.71. The fraction of sp³-hybridized carbons (Fsp3) is 0.455. The third-order valence-electron chi connectivity index (χ3n) is 2.51. The lowest BCUT2D eigenvalue weighted by atomic mass is 10.3. The first-order chi connectivity index (χ1) is 7.61. The Labute approximate surface area is 92.4 Å². The van der Waals surface area contributed by atoms with Gasteiger partial charge in [-0.15, -0.1) is 0 Å². The van der Waals surface area contributed by atoms with Crippen molar-refractivity contribution < 1.29 is 9.13 Å². The molecule has 1 aliphatic rings. The number of aromatic nitrogens is 2. The van der Waals surface area contributed by atoms with Crippen LogP contribution in [0.25, 0.3) is 0 Å². The highest BCUT2D eigenvalue weighted by Gasteiger charge is 2.28. The molecule has 2 atom stereocenters. The second-order valence-corrected chi connectivity index (χ2v) is 3.75. The van der Waals surface area contributed by atoms with E-state index in [0.717, 1.165) is 4.57 Å². The van der Waals surface area contributed by atoms with Gasteiger partial charge in [0.1, 0.15) is 5.83 Å². The molecule has 0 radical (unpaired) electrons. The molecular formula is C11H13FN2O2. The summed E-state index contributed by atoms with van der Waals surface area (Å²) in [5.74, 6) is -0.431. The summed E-state index contributed by atoms with van der Waals surface area (Å²) < 4.78 is 20.1. The molecule has 1 aromatic heterocycles. The minimum absolute atomic E-state index is 0.266. The van der Waals surface area contributed by atoms with E-state index in [4.69, 9.17) is 4.74 Å². The van der Waals surface area contributed by atoms with Gasteiger partial charge in [-0.3, -0.25) is 4.57 Å². The Morgan fingerprint density at radius 1 is 1.62 bits per heavy atom. The molecule has 2 rings (SSSR count). The van der Waals surface area contributed by atoms with Gasteiger partial charge in [0.05, 0.1) is 6.10 Å². The molecule has 5 heteroatoms. The second kappa shape index (κ2) is 4.17. The van der Waals surface area contributed by atoms with Crippen LogP contribution in [0, 0.1) is 6.92 Å². The number of aryl methyl sites for hydroxylation is 1. The topological polar surface area (TPSA) is 44.1 Å². The number of rotatable bonds is 2. The molecule has 0 unspecified atom stereocenters. The fourth-order valence-electron chi connectivity index (χ4n) is 1.62. The second-order valence-electron chi connectivity index (χ2n) is 3.75. The Balaban J connectivity index is 2.33. The van der Waals surface area contributed by atoms with Crippen molar-refractivity contribution in [2.24, 2.45) is 0 Å². The van der Waals surface area contributed by atoms with Gasteiger partial charge in [-0.25, -0.2) is 9.18 Å². The quantitative estimate of drug-likeness (QED) is 0.768. The molecule has 0 aliphatic carbocycles. The number of hydrogen-bond acceptors (Lipinski definition) is 3. The third kappa shape index (κ3) is 1.90. The summed E-state index contributed by atoms with van der Waals surface area (Å²) in [7, 11) is 0. The number of nitrogens with zero attached hydrogens (tertiary/aromatic N) is 2. The maximum absolute atomic E-state index is 13.5. The van der Waals surface area contributed by atoms with Crippen molar-refractivity contribution in [3.63, 3.8) is 0 Å². The van der Waals surface area contributed by atoms with Crippen LogP contribution in [0.5, 0.6) is 0 Å². The molecule has 0 spiro atoms. The van der Waals surface area contributed by atoms with Crippen molar-refractivity contribution in [2.45, 2.75) is 32.6 Å². The van der Waals surface area contributed by atoms with E-state index in [1.54, 1.807) is 13.0 Å². The largest absolute Gasteiger partial charge is 0.350 e. The molecule has 0 saturated carbocycles. The highest BCUT2D eigenvalue weighted by molar-refractivity contribution is 5.09. The van der Waals surface area contributed by atoms with Gasteiger partial charge in [0.15, 0.2) is 6.23 Å². The van der Waals surface area contributed by atoms with Crippen molar-refractivity contribution in [3.8, 4) is 0 Å². The molecule has 0 amide bonds. The zero-order valence-corrected chi connectivity index (χ0v) is 9.18. The van der Waals surface area contributed by atoms with Crippen LogP contribution in [-0.2, 0) is 4.74 Å². The van der Waals surface area contributed by atoms with E-state index >= 15 is 0 Å². The highest BCUT2D eigenvalue weighted by atomic mass is 19.1. The zero-order chi connectivity index (χ0) is 11.7. The number of hydrogen-bond donors (Lipinski definition) is 0. The third-order valence-corrected chi connectivity index (χ3v) is 2.51. The van der Waals surface area contributed by atoms with E-state index in [1.165, 1.54) is 12.3 Å². The maximum atomic E-state index is 13.5. The normalized spacial score (nSPS) is 24.6. The van der Waals surface area contributed by atoms with Crippen LogP contribution >= 0.6 is 0 Å². The first-order valence-electron chi connectivity index (χ1n) is 5.20. The summed E-state index contributed by atoms with van der Waals surface area (Å²) in [6.45, 7) is 3.61. The van der Waals surface area contributed by atoms with Crippen LogP contribution in [0.1, 0.15) is 25.3 Å². The first kappa shape index (κ1) is 11.0.